The Balaban J connectivity index is 1.31. The van der Waals surface area contributed by atoms with Crippen molar-refractivity contribution < 1.29 is 13.9 Å². The van der Waals surface area contributed by atoms with E-state index in [1.165, 1.54) is 5.56 Å². The number of ether oxygens (including phenoxy) is 2. The van der Waals surface area contributed by atoms with E-state index >= 15 is 0 Å². The lowest BCUT2D eigenvalue weighted by Crippen LogP contribution is -2.38. The van der Waals surface area contributed by atoms with Crippen LogP contribution < -0.4 is 14.8 Å². The lowest BCUT2D eigenvalue weighted by Gasteiger charge is -2.32. The highest BCUT2D eigenvalue weighted by atomic mass is 16.5. The van der Waals surface area contributed by atoms with E-state index in [2.05, 4.69) is 41.2 Å². The number of likely N-dealkylation sites (tertiary alicyclic amines) is 1. The molecule has 0 amide bonds. The molecule has 1 aliphatic heterocycles. The molecule has 1 aromatic heterocycles. The van der Waals surface area contributed by atoms with E-state index in [1.807, 2.05) is 30.3 Å². The first-order chi connectivity index (χ1) is 14.6. The molecule has 6 nitrogen and oxygen atoms in total. The average molecular weight is 410 g/mol. The molecule has 0 aliphatic carbocycles. The number of anilines is 1. The van der Waals surface area contributed by atoms with E-state index in [4.69, 9.17) is 13.9 Å². The van der Waals surface area contributed by atoms with Crippen LogP contribution in [0.1, 0.15) is 32.3 Å². The highest BCUT2D eigenvalue weighted by Gasteiger charge is 2.21. The molecule has 0 bridgehead atoms. The summed E-state index contributed by atoms with van der Waals surface area (Å²) in [5.41, 5.74) is 2.97. The van der Waals surface area contributed by atoms with Crippen molar-refractivity contribution in [2.24, 2.45) is 5.92 Å². The molecular weight excluding hydrogens is 378 g/mol. The number of oxazole rings is 1. The van der Waals surface area contributed by atoms with Crippen LogP contribution in [0, 0.1) is 5.92 Å². The van der Waals surface area contributed by atoms with Crippen molar-refractivity contribution >= 4 is 17.1 Å². The zero-order valence-corrected chi connectivity index (χ0v) is 18.1. The van der Waals surface area contributed by atoms with Crippen molar-refractivity contribution in [3.8, 4) is 11.5 Å². The molecule has 0 saturated carbocycles. The van der Waals surface area contributed by atoms with Crippen LogP contribution >= 0.6 is 0 Å². The number of methoxy groups -OCH3 is 1. The van der Waals surface area contributed by atoms with Gasteiger partial charge in [-0.3, -0.25) is 4.90 Å². The maximum atomic E-state index is 5.96. The summed E-state index contributed by atoms with van der Waals surface area (Å²) < 4.78 is 17.2. The molecule has 1 saturated heterocycles. The minimum atomic E-state index is 0.384. The second kappa shape index (κ2) is 9.39. The third-order valence-electron chi connectivity index (χ3n) is 5.42. The van der Waals surface area contributed by atoms with Crippen molar-refractivity contribution in [2.75, 3.05) is 32.1 Å². The molecule has 3 aromatic rings. The number of aromatic nitrogens is 1. The minimum Gasteiger partial charge on any atom is -0.493 e. The fourth-order valence-electron chi connectivity index (χ4n) is 3.79. The summed E-state index contributed by atoms with van der Waals surface area (Å²) >= 11 is 0. The van der Waals surface area contributed by atoms with Gasteiger partial charge in [0.15, 0.2) is 17.1 Å². The van der Waals surface area contributed by atoms with Crippen molar-refractivity contribution in [3.63, 3.8) is 0 Å². The van der Waals surface area contributed by atoms with E-state index in [1.54, 1.807) is 7.11 Å². The number of benzene rings is 2. The number of nitrogens with zero attached hydrogens (tertiary/aromatic N) is 2. The second-order valence-corrected chi connectivity index (χ2v) is 8.37. The smallest absolute Gasteiger partial charge is 0.295 e. The van der Waals surface area contributed by atoms with Gasteiger partial charge in [0.1, 0.15) is 5.52 Å². The molecular formula is C24H31N3O3. The lowest BCUT2D eigenvalue weighted by atomic mass is 10.0. The molecule has 1 fully saturated rings. The first-order valence-electron chi connectivity index (χ1n) is 10.7. The number of para-hydroxylation sites is 2. The fraction of sp³-hybridized carbons (Fsp3) is 0.458. The van der Waals surface area contributed by atoms with Crippen molar-refractivity contribution in [2.45, 2.75) is 39.3 Å². The normalized spacial score (nSPS) is 15.6. The van der Waals surface area contributed by atoms with Gasteiger partial charge in [-0.2, -0.15) is 4.98 Å². The van der Waals surface area contributed by atoms with Gasteiger partial charge in [-0.15, -0.1) is 0 Å². The molecule has 160 valence electrons. The second-order valence-electron chi connectivity index (χ2n) is 8.37. The van der Waals surface area contributed by atoms with Gasteiger partial charge in [-0.1, -0.05) is 32.0 Å². The van der Waals surface area contributed by atoms with E-state index in [0.717, 1.165) is 55.1 Å². The van der Waals surface area contributed by atoms with E-state index in [-0.39, 0.29) is 0 Å². The van der Waals surface area contributed by atoms with Gasteiger partial charge in [0.25, 0.3) is 6.01 Å². The van der Waals surface area contributed by atoms with Crippen molar-refractivity contribution in [1.29, 1.82) is 0 Å². The summed E-state index contributed by atoms with van der Waals surface area (Å²) in [5, 5.41) is 3.47. The third kappa shape index (κ3) is 5.05. The quantitative estimate of drug-likeness (QED) is 0.568. The molecule has 0 unspecified atom stereocenters. The van der Waals surface area contributed by atoms with Gasteiger partial charge < -0.3 is 19.2 Å². The van der Waals surface area contributed by atoms with E-state index in [0.29, 0.717) is 24.6 Å². The van der Waals surface area contributed by atoms with Crippen LogP contribution in [0.15, 0.2) is 46.9 Å². The summed E-state index contributed by atoms with van der Waals surface area (Å²) in [6.07, 6.45) is 2.12. The Kier molecular flexibility index (Phi) is 6.43. The van der Waals surface area contributed by atoms with Crippen LogP contribution in [0.3, 0.4) is 0 Å². The van der Waals surface area contributed by atoms with E-state index in [9.17, 15) is 0 Å². The van der Waals surface area contributed by atoms with Crippen LogP contribution in [-0.2, 0) is 6.54 Å². The standard InChI is InChI=1S/C24H31N3O3/c1-17(2)16-29-23-14-18(8-9-22(23)28-3)15-27-12-10-19(11-13-27)25-24-26-20-6-4-5-7-21(20)30-24/h4-9,14,17,19H,10-13,15-16H2,1-3H3,(H,25,26). The van der Waals surface area contributed by atoms with Crippen LogP contribution in [0.2, 0.25) is 0 Å². The van der Waals surface area contributed by atoms with Gasteiger partial charge in [0.2, 0.25) is 0 Å². The number of nitrogens with one attached hydrogen (secondary N) is 1. The topological polar surface area (TPSA) is 59.8 Å². The monoisotopic (exact) mass is 409 g/mol. The molecule has 2 heterocycles. The molecule has 0 spiro atoms. The van der Waals surface area contributed by atoms with Crippen LogP contribution in [0.25, 0.3) is 11.1 Å². The SMILES string of the molecule is COc1ccc(CN2CCC(Nc3nc4ccccc4o3)CC2)cc1OCC(C)C. The van der Waals surface area contributed by atoms with Gasteiger partial charge in [0.05, 0.1) is 13.7 Å². The Morgan fingerprint density at radius 1 is 1.13 bits per heavy atom. The maximum absolute atomic E-state index is 5.96. The molecule has 0 atom stereocenters. The molecule has 4 rings (SSSR count). The summed E-state index contributed by atoms with van der Waals surface area (Å²) in [6, 6.07) is 15.1. The number of piperidine rings is 1. The first-order valence-corrected chi connectivity index (χ1v) is 10.7. The summed E-state index contributed by atoms with van der Waals surface area (Å²) in [4.78, 5) is 7.02. The van der Waals surface area contributed by atoms with Crippen LogP contribution in [-0.4, -0.2) is 42.7 Å². The minimum absolute atomic E-state index is 0.384. The highest BCUT2D eigenvalue weighted by molar-refractivity contribution is 5.74. The van der Waals surface area contributed by atoms with Gasteiger partial charge >= 0.3 is 0 Å². The summed E-state index contributed by atoms with van der Waals surface area (Å²) in [5.74, 6) is 2.10. The zero-order chi connectivity index (χ0) is 20.9. The number of hydrogen-bond acceptors (Lipinski definition) is 6. The maximum Gasteiger partial charge on any atom is 0.295 e. The van der Waals surface area contributed by atoms with Crippen molar-refractivity contribution in [3.05, 3.63) is 48.0 Å². The first kappa shape index (κ1) is 20.5. The molecule has 30 heavy (non-hydrogen) atoms. The molecule has 2 aromatic carbocycles. The summed E-state index contributed by atoms with van der Waals surface area (Å²) in [6.45, 7) is 7.97. The predicted molar refractivity (Wildman–Crippen MR) is 119 cm³/mol. The predicted octanol–water partition coefficient (Wildman–Crippen LogP) is 4.95. The molecule has 0 radical (unpaired) electrons. The third-order valence-corrected chi connectivity index (χ3v) is 5.42. The lowest BCUT2D eigenvalue weighted by molar-refractivity contribution is 0.209. The van der Waals surface area contributed by atoms with Gasteiger partial charge in [-0.25, -0.2) is 0 Å². The van der Waals surface area contributed by atoms with E-state index < -0.39 is 0 Å². The van der Waals surface area contributed by atoms with Gasteiger partial charge in [-0.05, 0) is 48.6 Å². The Bertz CT molecular complexity index is 928. The summed E-state index contributed by atoms with van der Waals surface area (Å²) in [7, 11) is 1.69. The van der Waals surface area contributed by atoms with Gasteiger partial charge in [0, 0.05) is 25.7 Å². The van der Waals surface area contributed by atoms with Crippen LogP contribution in [0.5, 0.6) is 11.5 Å². The number of hydrogen-bond donors (Lipinski definition) is 1. The van der Waals surface area contributed by atoms with Crippen molar-refractivity contribution in [1.82, 2.24) is 9.88 Å². The average Bonchev–Trinajstić information content (AvgIpc) is 3.16. The molecule has 1 N–H and O–H groups in total. The Labute approximate surface area is 178 Å². The largest absolute Gasteiger partial charge is 0.493 e. The zero-order valence-electron chi connectivity index (χ0n) is 18.1. The Morgan fingerprint density at radius 3 is 2.67 bits per heavy atom. The molecule has 6 heteroatoms. The fourth-order valence-corrected chi connectivity index (χ4v) is 3.79. The Morgan fingerprint density at radius 2 is 1.93 bits per heavy atom. The number of rotatable bonds is 8. The van der Waals surface area contributed by atoms with Crippen LogP contribution in [0.4, 0.5) is 6.01 Å². The highest BCUT2D eigenvalue weighted by Crippen LogP contribution is 2.29. The molecule has 1 aliphatic rings. The Hall–Kier alpha value is -2.73. The number of fused-ring (bicyclic) bond motifs is 1.